The van der Waals surface area contributed by atoms with Gasteiger partial charge in [0, 0.05) is 5.56 Å². The second-order valence-electron chi connectivity index (χ2n) is 4.46. The maximum Gasteiger partial charge on any atom is 0.352 e. The summed E-state index contributed by atoms with van der Waals surface area (Å²) in [6.07, 6.45) is 2.25. The van der Waals surface area contributed by atoms with E-state index in [0.717, 1.165) is 17.1 Å². The summed E-state index contributed by atoms with van der Waals surface area (Å²) in [5, 5.41) is 3.88. The van der Waals surface area contributed by atoms with Crippen molar-refractivity contribution in [2.24, 2.45) is 0 Å². The van der Waals surface area contributed by atoms with Crippen LogP contribution in [0.15, 0.2) is 40.9 Å². The third-order valence-electron chi connectivity index (χ3n) is 3.01. The quantitative estimate of drug-likeness (QED) is 0.673. The van der Waals surface area contributed by atoms with Gasteiger partial charge in [0.15, 0.2) is 17.2 Å². The van der Waals surface area contributed by atoms with Crippen molar-refractivity contribution in [3.05, 3.63) is 53.0 Å². The van der Waals surface area contributed by atoms with E-state index in [1.165, 1.54) is 0 Å². The Kier molecular flexibility index (Phi) is 4.24. The van der Waals surface area contributed by atoms with Crippen molar-refractivity contribution in [1.82, 2.24) is 14.6 Å². The summed E-state index contributed by atoms with van der Waals surface area (Å²) >= 11 is 1.03. The first-order valence-electron chi connectivity index (χ1n) is 6.76. The van der Waals surface area contributed by atoms with Crippen molar-refractivity contribution in [2.45, 2.75) is 20.0 Å². The molecule has 112 valence electrons. The van der Waals surface area contributed by atoms with Crippen LogP contribution in [0.1, 0.15) is 28.2 Å². The van der Waals surface area contributed by atoms with Crippen LogP contribution in [0.25, 0.3) is 11.3 Å². The van der Waals surface area contributed by atoms with E-state index in [2.05, 4.69) is 14.6 Å². The van der Waals surface area contributed by atoms with Gasteiger partial charge in [0.2, 0.25) is 5.89 Å². The number of carbonyl (C=O) groups excluding carboxylic acids is 1. The van der Waals surface area contributed by atoms with Crippen molar-refractivity contribution in [3.8, 4) is 11.3 Å². The molecule has 0 fully saturated rings. The van der Waals surface area contributed by atoms with Gasteiger partial charge < -0.3 is 9.15 Å². The van der Waals surface area contributed by atoms with Gasteiger partial charge >= 0.3 is 5.97 Å². The van der Waals surface area contributed by atoms with Gasteiger partial charge in [0.1, 0.15) is 0 Å². The van der Waals surface area contributed by atoms with Gasteiger partial charge in [-0.1, -0.05) is 41.7 Å². The summed E-state index contributed by atoms with van der Waals surface area (Å²) in [6, 6.07) is 9.61. The first-order valence-corrected chi connectivity index (χ1v) is 7.53. The predicted molar refractivity (Wildman–Crippen MR) is 80.3 cm³/mol. The maximum absolute atomic E-state index is 12.0. The van der Waals surface area contributed by atoms with Gasteiger partial charge in [-0.15, -0.1) is 5.10 Å². The number of benzene rings is 1. The minimum Gasteiger partial charge on any atom is -0.451 e. The van der Waals surface area contributed by atoms with Gasteiger partial charge in [-0.2, -0.15) is 0 Å². The van der Waals surface area contributed by atoms with Crippen molar-refractivity contribution in [2.75, 3.05) is 0 Å². The largest absolute Gasteiger partial charge is 0.451 e. The molecule has 0 saturated heterocycles. The van der Waals surface area contributed by atoms with Crippen molar-refractivity contribution in [3.63, 3.8) is 0 Å². The fourth-order valence-electron chi connectivity index (χ4n) is 1.90. The lowest BCUT2D eigenvalue weighted by atomic mass is 10.2. The van der Waals surface area contributed by atoms with E-state index in [4.69, 9.17) is 9.15 Å². The second-order valence-corrected chi connectivity index (χ2v) is 5.22. The Morgan fingerprint density at radius 3 is 2.91 bits per heavy atom. The molecular formula is C15H13N3O3S. The molecule has 2 aromatic heterocycles. The summed E-state index contributed by atoms with van der Waals surface area (Å²) in [6.45, 7) is 1.89. The van der Waals surface area contributed by atoms with Crippen LogP contribution in [0.5, 0.6) is 0 Å². The van der Waals surface area contributed by atoms with Crippen molar-refractivity contribution >= 4 is 17.5 Å². The number of ether oxygens (including phenoxy) is 1. The molecule has 0 amide bonds. The Bertz CT molecular complexity index is 767. The zero-order valence-electron chi connectivity index (χ0n) is 11.9. The minimum absolute atomic E-state index is 0.0211. The Balaban J connectivity index is 1.65. The molecule has 7 heteroatoms. The summed E-state index contributed by atoms with van der Waals surface area (Å²) in [5.74, 6) is 0.536. The molecule has 6 nitrogen and oxygen atoms in total. The van der Waals surface area contributed by atoms with Gasteiger partial charge in [-0.25, -0.2) is 9.78 Å². The van der Waals surface area contributed by atoms with Gasteiger partial charge in [-0.3, -0.25) is 0 Å². The molecule has 0 N–H and O–H groups in total. The average Bonchev–Trinajstić information content (AvgIpc) is 3.22. The highest BCUT2D eigenvalue weighted by molar-refractivity contribution is 7.07. The number of esters is 1. The van der Waals surface area contributed by atoms with Crippen LogP contribution in [0.2, 0.25) is 0 Å². The van der Waals surface area contributed by atoms with E-state index in [9.17, 15) is 4.79 Å². The number of carbonyl (C=O) groups is 1. The summed E-state index contributed by atoms with van der Waals surface area (Å²) in [7, 11) is 0. The van der Waals surface area contributed by atoms with Crippen LogP contribution in [0.4, 0.5) is 0 Å². The average molecular weight is 315 g/mol. The van der Waals surface area contributed by atoms with E-state index in [-0.39, 0.29) is 6.61 Å². The Morgan fingerprint density at radius 2 is 2.14 bits per heavy atom. The van der Waals surface area contributed by atoms with Gasteiger partial charge in [-0.05, 0) is 18.0 Å². The van der Waals surface area contributed by atoms with Crippen LogP contribution >= 0.6 is 11.5 Å². The van der Waals surface area contributed by atoms with Gasteiger partial charge in [0.05, 0.1) is 11.9 Å². The second kappa shape index (κ2) is 6.48. The third-order valence-corrected chi connectivity index (χ3v) is 3.76. The predicted octanol–water partition coefficient (Wildman–Crippen LogP) is 3.11. The zero-order valence-corrected chi connectivity index (χ0v) is 12.7. The molecule has 1 aromatic carbocycles. The lowest BCUT2D eigenvalue weighted by molar-refractivity contribution is 0.0443. The number of nitrogens with zero attached hydrogens (tertiary/aromatic N) is 3. The molecule has 3 aromatic rings. The topological polar surface area (TPSA) is 78.1 Å². The van der Waals surface area contributed by atoms with Crippen LogP contribution in [-0.2, 0) is 17.8 Å². The van der Waals surface area contributed by atoms with Crippen LogP contribution < -0.4 is 0 Å². The lowest BCUT2D eigenvalue weighted by Crippen LogP contribution is -2.06. The molecular weight excluding hydrogens is 302 g/mol. The number of oxazole rings is 1. The third kappa shape index (κ3) is 3.04. The molecule has 0 aliphatic heterocycles. The van der Waals surface area contributed by atoms with Crippen LogP contribution in [-0.4, -0.2) is 20.5 Å². The summed E-state index contributed by atoms with van der Waals surface area (Å²) in [4.78, 5) is 16.5. The maximum atomic E-state index is 12.0. The zero-order chi connectivity index (χ0) is 15.4. The van der Waals surface area contributed by atoms with E-state index >= 15 is 0 Å². The van der Waals surface area contributed by atoms with E-state index < -0.39 is 5.97 Å². The molecule has 2 heterocycles. The number of aromatic nitrogens is 3. The number of hydrogen-bond donors (Lipinski definition) is 0. The standard InChI is InChI=1S/C15H13N3O3S/c1-2-11-14(22-18-17-11)15(19)20-9-13-16-8-12(21-13)10-6-4-3-5-7-10/h3-8H,2,9H2,1H3. The number of aryl methyl sites for hydroxylation is 1. The van der Waals surface area contributed by atoms with Crippen LogP contribution in [0.3, 0.4) is 0 Å². The molecule has 0 spiro atoms. The first-order chi connectivity index (χ1) is 10.8. The molecule has 22 heavy (non-hydrogen) atoms. The van der Waals surface area contributed by atoms with E-state index in [1.807, 2.05) is 37.3 Å². The molecule has 0 aliphatic carbocycles. The first kappa shape index (κ1) is 14.4. The smallest absolute Gasteiger partial charge is 0.352 e. The monoisotopic (exact) mass is 315 g/mol. The minimum atomic E-state index is -0.452. The summed E-state index contributed by atoms with van der Waals surface area (Å²) in [5.41, 5.74) is 1.57. The number of hydrogen-bond acceptors (Lipinski definition) is 7. The SMILES string of the molecule is CCc1nnsc1C(=O)OCc1ncc(-c2ccccc2)o1. The van der Waals surface area contributed by atoms with Gasteiger partial charge in [0.25, 0.3) is 0 Å². The molecule has 0 aliphatic rings. The Labute approximate surface area is 130 Å². The van der Waals surface area contributed by atoms with Crippen molar-refractivity contribution < 1.29 is 13.9 Å². The Morgan fingerprint density at radius 1 is 1.32 bits per heavy atom. The molecule has 3 rings (SSSR count). The fourth-order valence-corrected chi connectivity index (χ4v) is 2.55. The molecule has 0 atom stereocenters. The highest BCUT2D eigenvalue weighted by Crippen LogP contribution is 2.20. The van der Waals surface area contributed by atoms with E-state index in [1.54, 1.807) is 6.20 Å². The van der Waals surface area contributed by atoms with Crippen LogP contribution in [0, 0.1) is 0 Å². The molecule has 0 saturated carbocycles. The Hall–Kier alpha value is -2.54. The fraction of sp³-hybridized carbons (Fsp3) is 0.200. The normalized spacial score (nSPS) is 10.6. The van der Waals surface area contributed by atoms with Crippen molar-refractivity contribution in [1.29, 1.82) is 0 Å². The number of rotatable bonds is 5. The summed E-state index contributed by atoms with van der Waals surface area (Å²) < 4.78 is 14.5. The highest BCUT2D eigenvalue weighted by atomic mass is 32.1. The molecule has 0 bridgehead atoms. The molecule has 0 radical (unpaired) electrons. The van der Waals surface area contributed by atoms with E-state index in [0.29, 0.717) is 28.6 Å². The molecule has 0 unspecified atom stereocenters. The highest BCUT2D eigenvalue weighted by Gasteiger charge is 2.17. The lowest BCUT2D eigenvalue weighted by Gasteiger charge is -2.00.